The summed E-state index contributed by atoms with van der Waals surface area (Å²) in [6.45, 7) is 0. The maximum Gasteiger partial charge on any atom is 0.230 e. The molecule has 0 aliphatic carbocycles. The van der Waals surface area contributed by atoms with Crippen molar-refractivity contribution >= 4 is 45.2 Å². The van der Waals surface area contributed by atoms with Crippen LogP contribution in [0.25, 0.3) is 10.8 Å². The third-order valence-electron chi connectivity index (χ3n) is 3.03. The molecule has 110 valence electrons. The Kier molecular flexibility index (Phi) is 4.06. The third-order valence-corrected chi connectivity index (χ3v) is 3.85. The highest BCUT2D eigenvalue weighted by Gasteiger charge is 2.09. The Hall–Kier alpha value is -2.80. The molecule has 0 fully saturated rings. The van der Waals surface area contributed by atoms with Gasteiger partial charge >= 0.3 is 0 Å². The number of anilines is 2. The van der Waals surface area contributed by atoms with Crippen molar-refractivity contribution in [2.45, 2.75) is 6.42 Å². The topological polar surface area (TPSA) is 84.0 Å². The van der Waals surface area contributed by atoms with Gasteiger partial charge in [-0.05, 0) is 12.1 Å². The number of nitrogens with zero attached hydrogens (tertiary/aromatic N) is 2. The van der Waals surface area contributed by atoms with Gasteiger partial charge in [0.2, 0.25) is 12.3 Å². The zero-order valence-corrected chi connectivity index (χ0v) is 12.3. The van der Waals surface area contributed by atoms with Gasteiger partial charge in [-0.15, -0.1) is 11.3 Å². The van der Waals surface area contributed by atoms with E-state index in [4.69, 9.17) is 0 Å². The number of hydrogen-bond donors (Lipinski definition) is 2. The van der Waals surface area contributed by atoms with Crippen molar-refractivity contribution in [2.75, 3.05) is 10.6 Å². The molecule has 6 nitrogen and oxygen atoms in total. The van der Waals surface area contributed by atoms with Crippen LogP contribution in [-0.2, 0) is 16.0 Å². The Labute approximate surface area is 130 Å². The number of hydrogen-bond acceptors (Lipinski definition) is 5. The number of pyridine rings is 1. The van der Waals surface area contributed by atoms with Crippen LogP contribution in [0.1, 0.15) is 5.69 Å². The summed E-state index contributed by atoms with van der Waals surface area (Å²) in [7, 11) is 0. The standard InChI is InChI=1S/C15H12N4O2S/c20-9-17-15-18-11(8-22-15)6-14(21)19-13-3-1-2-10-7-16-5-4-12(10)13/h1-5,7-9H,6H2,(H,19,21)(H,17,18,20). The van der Waals surface area contributed by atoms with Crippen LogP contribution in [0.5, 0.6) is 0 Å². The molecule has 0 bridgehead atoms. The molecule has 2 heterocycles. The summed E-state index contributed by atoms with van der Waals surface area (Å²) in [6.07, 6.45) is 4.16. The van der Waals surface area contributed by atoms with Crippen LogP contribution in [0, 0.1) is 0 Å². The molecule has 22 heavy (non-hydrogen) atoms. The Balaban J connectivity index is 1.74. The van der Waals surface area contributed by atoms with Crippen LogP contribution < -0.4 is 10.6 Å². The fraction of sp³-hybridized carbons (Fsp3) is 0.0667. The predicted molar refractivity (Wildman–Crippen MR) is 85.9 cm³/mol. The molecule has 0 aliphatic rings. The first-order valence-electron chi connectivity index (χ1n) is 6.53. The van der Waals surface area contributed by atoms with E-state index in [0.29, 0.717) is 17.2 Å². The lowest BCUT2D eigenvalue weighted by Crippen LogP contribution is -2.14. The minimum Gasteiger partial charge on any atom is -0.325 e. The van der Waals surface area contributed by atoms with Crippen molar-refractivity contribution in [3.63, 3.8) is 0 Å². The highest BCUT2D eigenvalue weighted by molar-refractivity contribution is 7.13. The van der Waals surface area contributed by atoms with Gasteiger partial charge in [-0.2, -0.15) is 0 Å². The number of thiazole rings is 1. The van der Waals surface area contributed by atoms with Crippen LogP contribution in [0.3, 0.4) is 0 Å². The van der Waals surface area contributed by atoms with Crippen molar-refractivity contribution in [1.29, 1.82) is 0 Å². The van der Waals surface area contributed by atoms with Gasteiger partial charge < -0.3 is 10.6 Å². The van der Waals surface area contributed by atoms with Gasteiger partial charge in [-0.1, -0.05) is 12.1 Å². The van der Waals surface area contributed by atoms with Crippen molar-refractivity contribution in [1.82, 2.24) is 9.97 Å². The normalized spacial score (nSPS) is 10.4. The van der Waals surface area contributed by atoms with E-state index in [1.807, 2.05) is 24.3 Å². The summed E-state index contributed by atoms with van der Waals surface area (Å²) in [5.74, 6) is -0.160. The maximum absolute atomic E-state index is 12.1. The summed E-state index contributed by atoms with van der Waals surface area (Å²) in [5.41, 5.74) is 1.36. The van der Waals surface area contributed by atoms with Crippen molar-refractivity contribution in [3.05, 3.63) is 47.7 Å². The van der Waals surface area contributed by atoms with E-state index in [1.165, 1.54) is 11.3 Å². The maximum atomic E-state index is 12.1. The molecule has 0 unspecified atom stereocenters. The molecule has 7 heteroatoms. The minimum atomic E-state index is -0.160. The predicted octanol–water partition coefficient (Wildman–Crippen LogP) is 2.44. The molecule has 1 aromatic carbocycles. The summed E-state index contributed by atoms with van der Waals surface area (Å²) in [5, 5.41) is 9.48. The molecule has 0 spiro atoms. The summed E-state index contributed by atoms with van der Waals surface area (Å²) < 4.78 is 0. The molecule has 0 atom stereocenters. The molecule has 0 saturated heterocycles. The zero-order valence-electron chi connectivity index (χ0n) is 11.4. The smallest absolute Gasteiger partial charge is 0.230 e. The molecular weight excluding hydrogens is 300 g/mol. The highest BCUT2D eigenvalue weighted by atomic mass is 32.1. The fourth-order valence-corrected chi connectivity index (χ4v) is 2.77. The second-order valence-corrected chi connectivity index (χ2v) is 5.39. The number of carbonyl (C=O) groups excluding carboxylic acids is 2. The Bertz CT molecular complexity index is 826. The van der Waals surface area contributed by atoms with Gasteiger partial charge in [0.15, 0.2) is 5.13 Å². The first-order chi connectivity index (χ1) is 10.8. The second kappa shape index (κ2) is 6.31. The quantitative estimate of drug-likeness (QED) is 0.709. The van der Waals surface area contributed by atoms with E-state index < -0.39 is 0 Å². The Morgan fingerprint density at radius 2 is 2.23 bits per heavy atom. The number of aromatic nitrogens is 2. The molecule has 3 rings (SSSR count). The summed E-state index contributed by atoms with van der Waals surface area (Å²) >= 11 is 1.28. The number of rotatable bonds is 5. The average molecular weight is 312 g/mol. The SMILES string of the molecule is O=CNc1nc(CC(=O)Nc2cccc3cnccc23)cs1. The van der Waals surface area contributed by atoms with E-state index in [2.05, 4.69) is 20.6 Å². The summed E-state index contributed by atoms with van der Waals surface area (Å²) in [4.78, 5) is 30.7. The number of amides is 2. The molecule has 2 amide bonds. The van der Waals surface area contributed by atoms with Gasteiger partial charge in [-0.3, -0.25) is 14.6 Å². The monoisotopic (exact) mass is 312 g/mol. The fourth-order valence-electron chi connectivity index (χ4n) is 2.10. The first-order valence-corrected chi connectivity index (χ1v) is 7.41. The number of nitrogens with one attached hydrogen (secondary N) is 2. The molecule has 0 aliphatic heterocycles. The van der Waals surface area contributed by atoms with Crippen molar-refractivity contribution < 1.29 is 9.59 Å². The first kappa shape index (κ1) is 14.2. The third kappa shape index (κ3) is 3.09. The van der Waals surface area contributed by atoms with Crippen LogP contribution >= 0.6 is 11.3 Å². The van der Waals surface area contributed by atoms with Gasteiger partial charge in [0.05, 0.1) is 12.1 Å². The lowest BCUT2D eigenvalue weighted by atomic mass is 10.1. The minimum absolute atomic E-state index is 0.151. The van der Waals surface area contributed by atoms with Gasteiger partial charge in [0, 0.05) is 34.2 Å². The largest absolute Gasteiger partial charge is 0.325 e. The van der Waals surface area contributed by atoms with Crippen LogP contribution in [0.4, 0.5) is 10.8 Å². The molecule has 2 aromatic heterocycles. The van der Waals surface area contributed by atoms with E-state index in [1.54, 1.807) is 17.8 Å². The average Bonchev–Trinajstić information content (AvgIpc) is 2.95. The molecule has 0 saturated carbocycles. The number of fused-ring (bicyclic) bond motifs is 1. The Morgan fingerprint density at radius 1 is 1.32 bits per heavy atom. The van der Waals surface area contributed by atoms with Crippen molar-refractivity contribution in [3.8, 4) is 0 Å². The van der Waals surface area contributed by atoms with E-state index >= 15 is 0 Å². The van der Waals surface area contributed by atoms with Gasteiger partial charge in [0.25, 0.3) is 0 Å². The lowest BCUT2D eigenvalue weighted by Gasteiger charge is -2.07. The van der Waals surface area contributed by atoms with E-state index in [-0.39, 0.29) is 12.3 Å². The van der Waals surface area contributed by atoms with Crippen molar-refractivity contribution in [2.24, 2.45) is 0 Å². The molecule has 2 N–H and O–H groups in total. The van der Waals surface area contributed by atoms with Gasteiger partial charge in [-0.25, -0.2) is 4.98 Å². The lowest BCUT2D eigenvalue weighted by molar-refractivity contribution is -0.115. The second-order valence-electron chi connectivity index (χ2n) is 4.53. The molecule has 3 aromatic rings. The van der Waals surface area contributed by atoms with E-state index in [0.717, 1.165) is 16.5 Å². The Morgan fingerprint density at radius 3 is 3.09 bits per heavy atom. The summed E-state index contributed by atoms with van der Waals surface area (Å²) in [6, 6.07) is 7.52. The van der Waals surface area contributed by atoms with Gasteiger partial charge in [0.1, 0.15) is 0 Å². The van der Waals surface area contributed by atoms with Crippen LogP contribution in [0.15, 0.2) is 42.0 Å². The molecule has 0 radical (unpaired) electrons. The molecular formula is C15H12N4O2S. The highest BCUT2D eigenvalue weighted by Crippen LogP contribution is 2.22. The number of carbonyl (C=O) groups is 2. The van der Waals surface area contributed by atoms with Crippen LogP contribution in [0.2, 0.25) is 0 Å². The van der Waals surface area contributed by atoms with E-state index in [9.17, 15) is 9.59 Å². The zero-order chi connectivity index (χ0) is 15.4. The number of benzene rings is 1. The van der Waals surface area contributed by atoms with Crippen LogP contribution in [-0.4, -0.2) is 22.3 Å².